The molecule has 5 aromatic rings. The molecule has 4 aromatic carbocycles. The smallest absolute Gasteiger partial charge is 0.481 e. The fourth-order valence-corrected chi connectivity index (χ4v) is 4.94. The lowest BCUT2D eigenvalue weighted by atomic mass is 10.0. The zero-order chi connectivity index (χ0) is 29.4. The molecule has 212 valence electrons. The van der Waals surface area contributed by atoms with Crippen molar-refractivity contribution < 1.29 is 33.0 Å². The molecule has 0 fully saturated rings. The number of rotatable bonds is 8. The summed E-state index contributed by atoms with van der Waals surface area (Å²) in [5, 5.41) is 18.4. The Hall–Kier alpha value is -5.25. The van der Waals surface area contributed by atoms with E-state index in [0.717, 1.165) is 27.6 Å². The first-order valence-corrected chi connectivity index (χ1v) is 13.3. The number of carbonyl (C=O) groups excluding carboxylic acids is 1. The fourth-order valence-electron chi connectivity index (χ4n) is 4.94. The number of aromatic nitrogens is 2. The van der Waals surface area contributed by atoms with E-state index in [0.29, 0.717) is 16.8 Å². The number of hydrogen-bond acceptors (Lipinski definition) is 5. The molecule has 1 aliphatic rings. The molecule has 0 bridgehead atoms. The quantitative estimate of drug-likeness (QED) is 0.221. The Morgan fingerprint density at radius 3 is 2.38 bits per heavy atom. The third-order valence-corrected chi connectivity index (χ3v) is 7.12. The Labute approximate surface area is 239 Å². The summed E-state index contributed by atoms with van der Waals surface area (Å²) in [6, 6.07) is 27.3. The van der Waals surface area contributed by atoms with Crippen molar-refractivity contribution >= 4 is 22.6 Å². The van der Waals surface area contributed by atoms with Crippen LogP contribution >= 0.6 is 0 Å². The summed E-state index contributed by atoms with van der Waals surface area (Å²) in [5.41, 5.74) is 4.14. The summed E-state index contributed by atoms with van der Waals surface area (Å²) in [7, 11) is 0. The molecule has 1 unspecified atom stereocenters. The number of carboxylic acids is 1. The number of ether oxygens (including phenoxy) is 2. The van der Waals surface area contributed by atoms with Crippen molar-refractivity contribution in [3.8, 4) is 34.0 Å². The van der Waals surface area contributed by atoms with Crippen LogP contribution in [0, 0.1) is 0 Å². The monoisotopic (exact) mass is 569 g/mol. The highest BCUT2D eigenvalue weighted by atomic mass is 19.3. The number of carboxylic acid groups (broad SMARTS) is 1. The van der Waals surface area contributed by atoms with E-state index in [1.807, 2.05) is 66.2 Å². The lowest BCUT2D eigenvalue weighted by Gasteiger charge is -2.17. The third-order valence-electron chi connectivity index (χ3n) is 7.12. The van der Waals surface area contributed by atoms with Crippen molar-refractivity contribution in [1.29, 1.82) is 0 Å². The predicted molar refractivity (Wildman–Crippen MR) is 152 cm³/mol. The van der Waals surface area contributed by atoms with Gasteiger partial charge in [-0.05, 0) is 65.7 Å². The third kappa shape index (κ3) is 5.38. The van der Waals surface area contributed by atoms with Gasteiger partial charge in [-0.2, -0.15) is 5.10 Å². The minimum Gasteiger partial charge on any atom is -0.481 e. The van der Waals surface area contributed by atoms with E-state index in [9.17, 15) is 18.4 Å². The van der Waals surface area contributed by atoms with Crippen LogP contribution in [-0.4, -0.2) is 39.6 Å². The van der Waals surface area contributed by atoms with Gasteiger partial charge in [0.05, 0.1) is 23.9 Å². The summed E-state index contributed by atoms with van der Waals surface area (Å²) in [4.78, 5) is 23.1. The number of nitrogens with zero attached hydrogens (tertiary/aromatic N) is 2. The molecule has 2 heterocycles. The summed E-state index contributed by atoms with van der Waals surface area (Å²) in [6.07, 6.45) is -3.88. The molecule has 0 spiro atoms. The predicted octanol–water partition coefficient (Wildman–Crippen LogP) is 6.51. The average molecular weight is 570 g/mol. The number of benzene rings is 4. The molecule has 42 heavy (non-hydrogen) atoms. The summed E-state index contributed by atoms with van der Waals surface area (Å²) >= 11 is 0. The summed E-state index contributed by atoms with van der Waals surface area (Å²) in [5.74, 6) is -1.45. The molecular weight excluding hydrogens is 544 g/mol. The summed E-state index contributed by atoms with van der Waals surface area (Å²) in [6.45, 7) is 2.01. The number of fused-ring (bicyclic) bond motifs is 2. The number of hydrogen-bond donors (Lipinski definition) is 2. The van der Waals surface area contributed by atoms with Gasteiger partial charge in [-0.25, -0.2) is 0 Å². The van der Waals surface area contributed by atoms with Gasteiger partial charge in [0, 0.05) is 23.2 Å². The average Bonchev–Trinajstić information content (AvgIpc) is 3.56. The maximum absolute atomic E-state index is 13.6. The largest absolute Gasteiger partial charge is 0.586 e. The van der Waals surface area contributed by atoms with Crippen LogP contribution < -0.4 is 14.8 Å². The van der Waals surface area contributed by atoms with Gasteiger partial charge in [-0.1, -0.05) is 48.5 Å². The van der Waals surface area contributed by atoms with Crippen LogP contribution in [0.4, 0.5) is 8.78 Å². The first-order chi connectivity index (χ1) is 20.2. The van der Waals surface area contributed by atoms with E-state index in [4.69, 9.17) is 10.2 Å². The lowest BCUT2D eigenvalue weighted by Crippen LogP contribution is -2.26. The van der Waals surface area contributed by atoms with Crippen LogP contribution in [0.1, 0.15) is 35.3 Å². The number of nitrogens with one attached hydrogen (secondary N) is 1. The minimum absolute atomic E-state index is 0.0367. The van der Waals surface area contributed by atoms with E-state index in [1.165, 1.54) is 12.1 Å². The van der Waals surface area contributed by atoms with Crippen molar-refractivity contribution in [2.75, 3.05) is 6.54 Å². The van der Waals surface area contributed by atoms with Crippen molar-refractivity contribution in [1.82, 2.24) is 15.1 Å². The molecule has 2 N–H and O–H groups in total. The van der Waals surface area contributed by atoms with Crippen molar-refractivity contribution in [2.45, 2.75) is 25.7 Å². The van der Waals surface area contributed by atoms with E-state index < -0.39 is 12.3 Å². The van der Waals surface area contributed by atoms with Gasteiger partial charge in [0.15, 0.2) is 11.5 Å². The minimum atomic E-state index is -3.72. The highest BCUT2D eigenvalue weighted by molar-refractivity contribution is 5.94. The van der Waals surface area contributed by atoms with Gasteiger partial charge in [-0.15, -0.1) is 8.78 Å². The second-order valence-corrected chi connectivity index (χ2v) is 9.95. The number of amides is 1. The van der Waals surface area contributed by atoms with Crippen LogP contribution in [0.2, 0.25) is 0 Å². The van der Waals surface area contributed by atoms with Gasteiger partial charge in [-0.3, -0.25) is 14.3 Å². The fraction of sp³-hybridized carbons (Fsp3) is 0.156. The topological polar surface area (TPSA) is 103 Å². The highest BCUT2D eigenvalue weighted by Gasteiger charge is 2.43. The van der Waals surface area contributed by atoms with Crippen LogP contribution in [0.15, 0.2) is 91.0 Å². The molecule has 1 atom stereocenters. The summed E-state index contributed by atoms with van der Waals surface area (Å²) < 4.78 is 38.3. The Morgan fingerprint density at radius 1 is 0.905 bits per heavy atom. The van der Waals surface area contributed by atoms with E-state index in [2.05, 4.69) is 20.9 Å². The number of aliphatic carboxylic acids is 1. The van der Waals surface area contributed by atoms with Crippen LogP contribution in [0.25, 0.3) is 33.3 Å². The van der Waals surface area contributed by atoms with E-state index in [1.54, 1.807) is 18.2 Å². The Morgan fingerprint density at radius 2 is 1.62 bits per heavy atom. The van der Waals surface area contributed by atoms with Gasteiger partial charge < -0.3 is 19.9 Å². The molecule has 1 aromatic heterocycles. The Kier molecular flexibility index (Phi) is 6.82. The van der Waals surface area contributed by atoms with Crippen LogP contribution in [0.5, 0.6) is 11.5 Å². The molecule has 0 saturated carbocycles. The lowest BCUT2D eigenvalue weighted by molar-refractivity contribution is -0.286. The Bertz CT molecular complexity index is 1820. The molecule has 0 radical (unpaired) electrons. The second kappa shape index (κ2) is 10.6. The van der Waals surface area contributed by atoms with Crippen LogP contribution in [0.3, 0.4) is 0 Å². The van der Waals surface area contributed by atoms with Gasteiger partial charge in [0.1, 0.15) is 0 Å². The molecule has 10 heteroatoms. The maximum atomic E-state index is 13.6. The van der Waals surface area contributed by atoms with E-state index in [-0.39, 0.29) is 36.4 Å². The molecule has 0 saturated heterocycles. The molecule has 6 rings (SSSR count). The van der Waals surface area contributed by atoms with Gasteiger partial charge in [0.2, 0.25) is 0 Å². The normalized spacial score (nSPS) is 14.1. The first kappa shape index (κ1) is 26.9. The maximum Gasteiger partial charge on any atom is 0.586 e. The number of halogens is 2. The molecule has 1 aliphatic heterocycles. The molecule has 1 amide bonds. The van der Waals surface area contributed by atoms with Crippen molar-refractivity contribution in [3.63, 3.8) is 0 Å². The number of alkyl halides is 2. The zero-order valence-electron chi connectivity index (χ0n) is 22.4. The SMILES string of the molecule is CC(c1ccc(C(=O)NCCC(=O)O)cc1)n1nc(-c2ccc3c(c2)OC(F)(F)O3)cc1-c1ccc2ccccc2c1. The first-order valence-electron chi connectivity index (χ1n) is 13.3. The van der Waals surface area contributed by atoms with Crippen LogP contribution in [-0.2, 0) is 4.79 Å². The molecule has 8 nitrogen and oxygen atoms in total. The second-order valence-electron chi connectivity index (χ2n) is 9.95. The molecular formula is C32H25F2N3O5. The molecule has 0 aliphatic carbocycles. The Balaban J connectivity index is 1.36. The van der Waals surface area contributed by atoms with Gasteiger partial charge in [0.25, 0.3) is 5.91 Å². The highest BCUT2D eigenvalue weighted by Crippen LogP contribution is 2.43. The standard InChI is InChI=1S/C32H25F2N3O5/c1-19(20-6-9-22(10-7-20)31(40)35-15-14-30(38)39)37-27(25-11-8-21-4-2-3-5-23(21)16-25)18-26(36-37)24-12-13-28-29(17-24)42-32(33,34)41-28/h2-13,16-19H,14-15H2,1H3,(H,35,40)(H,38,39). The van der Waals surface area contributed by atoms with Gasteiger partial charge >= 0.3 is 12.3 Å². The number of carbonyl (C=O) groups is 2. The zero-order valence-corrected chi connectivity index (χ0v) is 22.4. The van der Waals surface area contributed by atoms with E-state index >= 15 is 0 Å². The van der Waals surface area contributed by atoms with Crippen molar-refractivity contribution in [2.24, 2.45) is 0 Å². The van der Waals surface area contributed by atoms with Crippen molar-refractivity contribution in [3.05, 3.63) is 102 Å².